The fraction of sp³-hybridized carbons (Fsp3) is 0.130. The van der Waals surface area contributed by atoms with Crippen LogP contribution in [0.4, 0.5) is 5.69 Å². The molecule has 1 amide bonds. The average molecular weight is 434 g/mol. The summed E-state index contributed by atoms with van der Waals surface area (Å²) in [6, 6.07) is 18.1. The minimum Gasteiger partial charge on any atom is -0.375 e. The lowest BCUT2D eigenvalue weighted by molar-refractivity contribution is -0.135. The van der Waals surface area contributed by atoms with Crippen LogP contribution in [0, 0.1) is 12.3 Å². The maximum Gasteiger partial charge on any atom is 0.265 e. The van der Waals surface area contributed by atoms with E-state index < -0.39 is 11.5 Å². The third-order valence-corrected chi connectivity index (χ3v) is 5.54. The molecule has 1 heterocycles. The SMILES string of the molecule is C#CCN1C(=O)[C@](O)(CC(=O)c2cccc3ccccc23)c2cc(Br)ccc21. The Morgan fingerprint density at radius 3 is 2.68 bits per heavy atom. The molecule has 3 aromatic rings. The topological polar surface area (TPSA) is 57.6 Å². The Morgan fingerprint density at radius 1 is 1.14 bits per heavy atom. The molecule has 0 unspecified atom stereocenters. The lowest BCUT2D eigenvalue weighted by atomic mass is 9.87. The molecule has 1 aliphatic rings. The Kier molecular flexibility index (Phi) is 4.54. The summed E-state index contributed by atoms with van der Waals surface area (Å²) in [6.45, 7) is 0.0260. The number of carbonyl (C=O) groups is 2. The molecular formula is C23H16BrNO3. The summed E-state index contributed by atoms with van der Waals surface area (Å²) in [7, 11) is 0. The average Bonchev–Trinajstić information content (AvgIpc) is 2.89. The van der Waals surface area contributed by atoms with E-state index in [1.165, 1.54) is 4.90 Å². The second-order valence-electron chi connectivity index (χ2n) is 6.74. The molecule has 0 radical (unpaired) electrons. The maximum absolute atomic E-state index is 13.1. The van der Waals surface area contributed by atoms with Crippen LogP contribution in [0.5, 0.6) is 0 Å². The van der Waals surface area contributed by atoms with E-state index in [1.807, 2.05) is 30.3 Å². The van der Waals surface area contributed by atoms with Gasteiger partial charge in [0, 0.05) is 15.6 Å². The van der Waals surface area contributed by atoms with Crippen molar-refractivity contribution in [3.05, 3.63) is 76.3 Å². The Labute approximate surface area is 170 Å². The highest BCUT2D eigenvalue weighted by Gasteiger charge is 2.50. The van der Waals surface area contributed by atoms with Crippen molar-refractivity contribution in [3.8, 4) is 12.3 Å². The van der Waals surface area contributed by atoms with Gasteiger partial charge >= 0.3 is 0 Å². The number of nitrogens with zero attached hydrogens (tertiary/aromatic N) is 1. The van der Waals surface area contributed by atoms with Gasteiger partial charge in [-0.1, -0.05) is 64.3 Å². The minimum absolute atomic E-state index is 0.0260. The lowest BCUT2D eigenvalue weighted by Gasteiger charge is -2.22. The molecule has 0 fully saturated rings. The largest absolute Gasteiger partial charge is 0.375 e. The number of ketones is 1. The highest BCUT2D eigenvalue weighted by molar-refractivity contribution is 9.10. The van der Waals surface area contributed by atoms with Crippen LogP contribution >= 0.6 is 15.9 Å². The molecule has 1 aliphatic heterocycles. The quantitative estimate of drug-likeness (QED) is 0.498. The summed E-state index contributed by atoms with van der Waals surface area (Å²) < 4.78 is 0.706. The van der Waals surface area contributed by atoms with E-state index in [9.17, 15) is 14.7 Å². The molecule has 4 nitrogen and oxygen atoms in total. The standard InChI is InChI=1S/C23H16BrNO3/c1-2-12-25-20-11-10-16(24)13-19(20)23(28,22(25)27)14-21(26)18-9-5-7-15-6-3-4-8-17(15)18/h1,3-11,13,28H,12,14H2/t23-/m0/s1. The second kappa shape index (κ2) is 6.90. The zero-order valence-corrected chi connectivity index (χ0v) is 16.4. The van der Waals surface area contributed by atoms with Gasteiger partial charge in [-0.2, -0.15) is 0 Å². The summed E-state index contributed by atoms with van der Waals surface area (Å²) in [4.78, 5) is 27.5. The Hall–Kier alpha value is -2.94. The number of Topliss-reactive ketones (excluding diaryl/α,β-unsaturated/α-hetero) is 1. The van der Waals surface area contributed by atoms with Gasteiger partial charge in [-0.3, -0.25) is 14.5 Å². The van der Waals surface area contributed by atoms with Gasteiger partial charge in [-0.05, 0) is 29.0 Å². The molecule has 1 N–H and O–H groups in total. The van der Waals surface area contributed by atoms with Crippen molar-refractivity contribution in [1.82, 2.24) is 0 Å². The van der Waals surface area contributed by atoms with E-state index in [-0.39, 0.29) is 18.7 Å². The number of hydrogen-bond acceptors (Lipinski definition) is 3. The molecule has 0 spiro atoms. The van der Waals surface area contributed by atoms with Crippen LogP contribution < -0.4 is 4.90 Å². The predicted molar refractivity (Wildman–Crippen MR) is 112 cm³/mol. The number of fused-ring (bicyclic) bond motifs is 2. The third kappa shape index (κ3) is 2.82. The van der Waals surface area contributed by atoms with E-state index in [0.29, 0.717) is 21.3 Å². The number of hydrogen-bond donors (Lipinski definition) is 1. The number of terminal acetylenes is 1. The van der Waals surface area contributed by atoms with Crippen LogP contribution in [0.15, 0.2) is 65.1 Å². The Morgan fingerprint density at radius 2 is 1.89 bits per heavy atom. The Bertz CT molecular complexity index is 1160. The van der Waals surface area contributed by atoms with E-state index in [4.69, 9.17) is 6.42 Å². The molecule has 4 rings (SSSR count). The predicted octanol–water partition coefficient (Wildman–Crippen LogP) is 4.04. The second-order valence-corrected chi connectivity index (χ2v) is 7.66. The van der Waals surface area contributed by atoms with Crippen molar-refractivity contribution in [2.45, 2.75) is 12.0 Å². The van der Waals surface area contributed by atoms with Crippen LogP contribution in [0.2, 0.25) is 0 Å². The van der Waals surface area contributed by atoms with Crippen molar-refractivity contribution < 1.29 is 14.7 Å². The number of halogens is 1. The fourth-order valence-electron chi connectivity index (χ4n) is 3.74. The van der Waals surface area contributed by atoms with Crippen molar-refractivity contribution in [2.75, 3.05) is 11.4 Å². The molecule has 3 aromatic carbocycles. The molecule has 0 bridgehead atoms. The summed E-state index contributed by atoms with van der Waals surface area (Å²) in [5, 5.41) is 13.1. The first kappa shape index (κ1) is 18.4. The van der Waals surface area contributed by atoms with Crippen molar-refractivity contribution in [1.29, 1.82) is 0 Å². The Balaban J connectivity index is 1.78. The first-order valence-electron chi connectivity index (χ1n) is 8.74. The summed E-state index contributed by atoms with van der Waals surface area (Å²) in [6.07, 6.45) is 5.04. The van der Waals surface area contributed by atoms with Crippen molar-refractivity contribution in [3.63, 3.8) is 0 Å². The summed E-state index contributed by atoms with van der Waals surface area (Å²) in [5.41, 5.74) is -0.564. The highest BCUT2D eigenvalue weighted by atomic mass is 79.9. The van der Waals surface area contributed by atoms with Crippen LogP contribution in [0.25, 0.3) is 10.8 Å². The molecule has 0 aliphatic carbocycles. The van der Waals surface area contributed by atoms with Gasteiger partial charge in [0.25, 0.3) is 5.91 Å². The van der Waals surface area contributed by atoms with Gasteiger partial charge in [0.15, 0.2) is 11.4 Å². The van der Waals surface area contributed by atoms with Crippen molar-refractivity contribution in [2.24, 2.45) is 0 Å². The fourth-order valence-corrected chi connectivity index (χ4v) is 4.10. The van der Waals surface area contributed by atoms with E-state index in [0.717, 1.165) is 10.8 Å². The van der Waals surface area contributed by atoms with Gasteiger partial charge in [-0.25, -0.2) is 0 Å². The van der Waals surface area contributed by atoms with E-state index in [2.05, 4.69) is 21.9 Å². The minimum atomic E-state index is -1.95. The smallest absolute Gasteiger partial charge is 0.265 e. The van der Waals surface area contributed by atoms with Gasteiger partial charge in [0.05, 0.1) is 18.7 Å². The van der Waals surface area contributed by atoms with Crippen molar-refractivity contribution >= 4 is 44.1 Å². The molecule has 0 saturated carbocycles. The molecular weight excluding hydrogens is 418 g/mol. The summed E-state index contributed by atoms with van der Waals surface area (Å²) in [5.74, 6) is 1.56. The van der Waals surface area contributed by atoms with Gasteiger partial charge < -0.3 is 5.11 Å². The first-order valence-corrected chi connectivity index (χ1v) is 9.54. The van der Waals surface area contributed by atoms with E-state index in [1.54, 1.807) is 30.3 Å². The summed E-state index contributed by atoms with van der Waals surface area (Å²) >= 11 is 3.37. The number of anilines is 1. The van der Waals surface area contributed by atoms with Gasteiger partial charge in [0.1, 0.15) is 0 Å². The number of carbonyl (C=O) groups excluding carboxylic acids is 2. The zero-order valence-electron chi connectivity index (χ0n) is 14.9. The van der Waals surface area contributed by atoms with Crippen LogP contribution in [-0.4, -0.2) is 23.3 Å². The molecule has 1 atom stereocenters. The van der Waals surface area contributed by atoms with E-state index >= 15 is 0 Å². The highest BCUT2D eigenvalue weighted by Crippen LogP contribution is 2.44. The normalized spacial score (nSPS) is 18.2. The molecule has 5 heteroatoms. The first-order chi connectivity index (χ1) is 13.5. The lowest BCUT2D eigenvalue weighted by Crippen LogP contribution is -2.42. The number of benzene rings is 3. The molecule has 28 heavy (non-hydrogen) atoms. The van der Waals surface area contributed by atoms with Gasteiger partial charge in [-0.15, -0.1) is 6.42 Å². The molecule has 0 saturated heterocycles. The number of amides is 1. The van der Waals surface area contributed by atoms with Crippen LogP contribution in [0.1, 0.15) is 22.3 Å². The zero-order chi connectivity index (χ0) is 19.9. The maximum atomic E-state index is 13.1. The molecule has 138 valence electrons. The number of rotatable bonds is 4. The number of aliphatic hydroxyl groups is 1. The van der Waals surface area contributed by atoms with Gasteiger partial charge in [0.2, 0.25) is 0 Å². The van der Waals surface area contributed by atoms with Crippen LogP contribution in [0.3, 0.4) is 0 Å². The van der Waals surface area contributed by atoms with Crippen LogP contribution in [-0.2, 0) is 10.4 Å². The molecule has 0 aromatic heterocycles. The third-order valence-electron chi connectivity index (χ3n) is 5.05. The monoisotopic (exact) mass is 433 g/mol.